The second-order valence-electron chi connectivity index (χ2n) is 3.07. The van der Waals surface area contributed by atoms with Gasteiger partial charge in [0, 0.05) is 4.90 Å². The summed E-state index contributed by atoms with van der Waals surface area (Å²) in [5.41, 5.74) is 2.65. The topological polar surface area (TPSA) is 17.1 Å². The Kier molecular flexibility index (Phi) is 3.75. The second kappa shape index (κ2) is 4.85. The zero-order valence-electron chi connectivity index (χ0n) is 8.07. The number of carbonyl (C=O) groups excluding carboxylic acids is 1. The van der Waals surface area contributed by atoms with Gasteiger partial charge in [0.05, 0.1) is 4.75 Å². The van der Waals surface area contributed by atoms with Gasteiger partial charge >= 0.3 is 0 Å². The van der Waals surface area contributed by atoms with Gasteiger partial charge in [-0.3, -0.25) is 0 Å². The highest BCUT2D eigenvalue weighted by molar-refractivity contribution is 8.01. The first-order valence-corrected chi connectivity index (χ1v) is 5.09. The van der Waals surface area contributed by atoms with Crippen LogP contribution in [0.2, 0.25) is 0 Å². The van der Waals surface area contributed by atoms with Crippen molar-refractivity contribution in [2.75, 3.05) is 0 Å². The van der Waals surface area contributed by atoms with Crippen LogP contribution < -0.4 is 0 Å². The first-order chi connectivity index (χ1) is 6.70. The van der Waals surface area contributed by atoms with Crippen LogP contribution in [0.15, 0.2) is 53.6 Å². The van der Waals surface area contributed by atoms with Gasteiger partial charge in [-0.15, -0.1) is 17.5 Å². The highest BCUT2D eigenvalue weighted by atomic mass is 32.2. The molecule has 0 bridgehead atoms. The molecular formula is C12H12OS. The van der Waals surface area contributed by atoms with Crippen LogP contribution in [-0.2, 0) is 4.79 Å². The van der Waals surface area contributed by atoms with E-state index in [9.17, 15) is 4.79 Å². The van der Waals surface area contributed by atoms with Crippen LogP contribution in [-0.4, -0.2) is 11.0 Å². The summed E-state index contributed by atoms with van der Waals surface area (Å²) in [6.07, 6.45) is 2.58. The van der Waals surface area contributed by atoms with Gasteiger partial charge in [0.15, 0.2) is 0 Å². The molecule has 0 radical (unpaired) electrons. The Labute approximate surface area is 88.5 Å². The fourth-order valence-electron chi connectivity index (χ4n) is 1.03. The van der Waals surface area contributed by atoms with Gasteiger partial charge in [-0.2, -0.15) is 0 Å². The SMILES string of the molecule is C=C=CC(C)(C=O)Sc1ccccc1. The van der Waals surface area contributed by atoms with Crippen molar-refractivity contribution in [3.05, 3.63) is 48.7 Å². The van der Waals surface area contributed by atoms with E-state index in [-0.39, 0.29) is 0 Å². The van der Waals surface area contributed by atoms with Crippen molar-refractivity contribution in [2.24, 2.45) is 0 Å². The first-order valence-electron chi connectivity index (χ1n) is 4.27. The third-order valence-corrected chi connectivity index (χ3v) is 2.87. The van der Waals surface area contributed by atoms with Crippen LogP contribution in [0, 0.1) is 0 Å². The van der Waals surface area contributed by atoms with E-state index >= 15 is 0 Å². The molecular weight excluding hydrogens is 192 g/mol. The molecule has 1 rings (SSSR count). The van der Waals surface area contributed by atoms with Gasteiger partial charge in [-0.05, 0) is 25.1 Å². The fraction of sp³-hybridized carbons (Fsp3) is 0.167. The minimum Gasteiger partial charge on any atom is -0.301 e. The van der Waals surface area contributed by atoms with Crippen molar-refractivity contribution < 1.29 is 4.79 Å². The lowest BCUT2D eigenvalue weighted by Crippen LogP contribution is -2.17. The van der Waals surface area contributed by atoms with Crippen molar-refractivity contribution >= 4 is 18.0 Å². The first kappa shape index (κ1) is 10.8. The normalized spacial score (nSPS) is 13.8. The van der Waals surface area contributed by atoms with Gasteiger partial charge in [-0.25, -0.2) is 0 Å². The third-order valence-electron chi connectivity index (χ3n) is 1.70. The van der Waals surface area contributed by atoms with E-state index in [0.717, 1.165) is 11.2 Å². The van der Waals surface area contributed by atoms with Crippen LogP contribution in [0.4, 0.5) is 0 Å². The molecule has 0 fully saturated rings. The molecule has 0 aromatic heterocycles. The molecule has 0 aliphatic heterocycles. The molecule has 0 aliphatic rings. The van der Waals surface area contributed by atoms with Crippen LogP contribution in [0.3, 0.4) is 0 Å². The molecule has 0 saturated heterocycles. The third kappa shape index (κ3) is 2.91. The van der Waals surface area contributed by atoms with E-state index < -0.39 is 4.75 Å². The molecule has 0 spiro atoms. The summed E-state index contributed by atoms with van der Waals surface area (Å²) in [7, 11) is 0. The summed E-state index contributed by atoms with van der Waals surface area (Å²) in [5.74, 6) is 0. The Bertz CT molecular complexity index is 352. The zero-order valence-corrected chi connectivity index (χ0v) is 8.88. The molecule has 1 aromatic carbocycles. The van der Waals surface area contributed by atoms with E-state index in [4.69, 9.17) is 0 Å². The van der Waals surface area contributed by atoms with E-state index in [2.05, 4.69) is 12.3 Å². The van der Waals surface area contributed by atoms with Crippen molar-refractivity contribution in [3.63, 3.8) is 0 Å². The quantitative estimate of drug-likeness (QED) is 0.426. The average molecular weight is 204 g/mol. The maximum atomic E-state index is 10.9. The number of thioether (sulfide) groups is 1. The predicted molar refractivity (Wildman–Crippen MR) is 60.5 cm³/mol. The Balaban J connectivity index is 2.85. The zero-order chi connectivity index (χ0) is 10.4. The van der Waals surface area contributed by atoms with Gasteiger partial charge in [0.2, 0.25) is 0 Å². The van der Waals surface area contributed by atoms with Gasteiger partial charge < -0.3 is 4.79 Å². The highest BCUT2D eigenvalue weighted by Gasteiger charge is 2.21. The molecule has 72 valence electrons. The van der Waals surface area contributed by atoms with E-state index in [0.29, 0.717) is 0 Å². The lowest BCUT2D eigenvalue weighted by Gasteiger charge is -2.16. The van der Waals surface area contributed by atoms with Crippen molar-refractivity contribution in [1.82, 2.24) is 0 Å². The van der Waals surface area contributed by atoms with Crippen molar-refractivity contribution in [2.45, 2.75) is 16.6 Å². The number of aldehydes is 1. The largest absolute Gasteiger partial charge is 0.301 e. The fourth-order valence-corrected chi connectivity index (χ4v) is 2.02. The number of benzene rings is 1. The monoisotopic (exact) mass is 204 g/mol. The molecule has 2 heteroatoms. The van der Waals surface area contributed by atoms with Crippen molar-refractivity contribution in [3.8, 4) is 0 Å². The molecule has 1 atom stereocenters. The average Bonchev–Trinajstić information content (AvgIpc) is 2.20. The Morgan fingerprint density at radius 1 is 1.43 bits per heavy atom. The van der Waals surface area contributed by atoms with Crippen LogP contribution in [0.5, 0.6) is 0 Å². The second-order valence-corrected chi connectivity index (χ2v) is 4.62. The lowest BCUT2D eigenvalue weighted by molar-refractivity contribution is -0.108. The Hall–Kier alpha value is -1.24. The molecule has 1 unspecified atom stereocenters. The minimum absolute atomic E-state index is 0.566. The molecule has 0 N–H and O–H groups in total. The summed E-state index contributed by atoms with van der Waals surface area (Å²) in [5, 5.41) is 0. The summed E-state index contributed by atoms with van der Waals surface area (Å²) in [6.45, 7) is 5.33. The maximum absolute atomic E-state index is 10.9. The van der Waals surface area contributed by atoms with Gasteiger partial charge in [-0.1, -0.05) is 24.8 Å². The summed E-state index contributed by atoms with van der Waals surface area (Å²) in [4.78, 5) is 12.0. The van der Waals surface area contributed by atoms with Crippen molar-refractivity contribution in [1.29, 1.82) is 0 Å². The standard InChI is InChI=1S/C12H12OS/c1-3-9-12(2,10-13)14-11-7-5-4-6-8-11/h4-10H,1H2,2H3. The Morgan fingerprint density at radius 2 is 2.07 bits per heavy atom. The van der Waals surface area contributed by atoms with Gasteiger partial charge in [0.1, 0.15) is 6.29 Å². The number of carbonyl (C=O) groups is 1. The molecule has 14 heavy (non-hydrogen) atoms. The van der Waals surface area contributed by atoms with Crippen LogP contribution in [0.1, 0.15) is 6.92 Å². The molecule has 0 saturated carbocycles. The lowest BCUT2D eigenvalue weighted by atomic mass is 10.2. The molecule has 0 amide bonds. The Morgan fingerprint density at radius 3 is 2.57 bits per heavy atom. The molecule has 0 heterocycles. The maximum Gasteiger partial charge on any atom is 0.140 e. The summed E-state index contributed by atoms with van der Waals surface area (Å²) < 4.78 is -0.566. The number of hydrogen-bond donors (Lipinski definition) is 0. The van der Waals surface area contributed by atoms with E-state index in [1.807, 2.05) is 37.3 Å². The predicted octanol–water partition coefficient (Wildman–Crippen LogP) is 3.08. The molecule has 1 aromatic rings. The molecule has 0 aliphatic carbocycles. The highest BCUT2D eigenvalue weighted by Crippen LogP contribution is 2.31. The van der Waals surface area contributed by atoms with Gasteiger partial charge in [0.25, 0.3) is 0 Å². The summed E-state index contributed by atoms with van der Waals surface area (Å²) in [6, 6.07) is 9.80. The smallest absolute Gasteiger partial charge is 0.140 e. The van der Waals surface area contributed by atoms with E-state index in [1.165, 1.54) is 11.8 Å². The number of rotatable bonds is 4. The molecule has 1 nitrogen and oxygen atoms in total. The van der Waals surface area contributed by atoms with Crippen LogP contribution >= 0.6 is 11.8 Å². The summed E-state index contributed by atoms with van der Waals surface area (Å²) >= 11 is 1.49. The van der Waals surface area contributed by atoms with E-state index in [1.54, 1.807) is 6.08 Å². The van der Waals surface area contributed by atoms with Crippen LogP contribution in [0.25, 0.3) is 0 Å². The minimum atomic E-state index is -0.566. The number of hydrogen-bond acceptors (Lipinski definition) is 2.